The average molecular weight is 696 g/mol. The Bertz CT molecular complexity index is 1690. The van der Waals surface area contributed by atoms with E-state index in [9.17, 15) is 24.3 Å². The van der Waals surface area contributed by atoms with Gasteiger partial charge in [-0.25, -0.2) is 14.0 Å². The number of likely N-dealkylation sites (tertiary alicyclic amines) is 1. The Kier molecular flexibility index (Phi) is 12.7. The van der Waals surface area contributed by atoms with E-state index >= 15 is 4.39 Å². The number of ether oxygens (including phenoxy) is 5. The number of esters is 1. The number of carbonyl (C=O) groups excluding carboxylic acids is 3. The SMILES string of the molecule is COCOc1ccc(N(C)C)c(F)c1C(=O)c1ccc(C(=O)O[C@@H]2CCCN(C(=O)O)C[C@H]2NC(=O)c2cc(C)c(OCOC)c(C)c2)cc1. The molecule has 0 spiro atoms. The number of carbonyl (C=O) groups is 4. The van der Waals surface area contributed by atoms with Gasteiger partial charge in [-0.2, -0.15) is 0 Å². The molecule has 1 fully saturated rings. The van der Waals surface area contributed by atoms with Crippen molar-refractivity contribution in [3.8, 4) is 11.5 Å². The predicted molar refractivity (Wildman–Crippen MR) is 181 cm³/mol. The molecule has 4 rings (SSSR count). The molecule has 0 bridgehead atoms. The van der Waals surface area contributed by atoms with Gasteiger partial charge in [0.15, 0.2) is 25.2 Å². The van der Waals surface area contributed by atoms with Crippen LogP contribution in [0.4, 0.5) is 14.9 Å². The first-order valence-corrected chi connectivity index (χ1v) is 15.8. The summed E-state index contributed by atoms with van der Waals surface area (Å²) >= 11 is 0. The van der Waals surface area contributed by atoms with Gasteiger partial charge < -0.3 is 43.9 Å². The van der Waals surface area contributed by atoms with Crippen LogP contribution in [0.2, 0.25) is 0 Å². The average Bonchev–Trinajstić information content (AvgIpc) is 3.28. The minimum atomic E-state index is -1.16. The summed E-state index contributed by atoms with van der Waals surface area (Å²) in [5.74, 6) is -2.07. The summed E-state index contributed by atoms with van der Waals surface area (Å²) in [4.78, 5) is 55.0. The first-order chi connectivity index (χ1) is 23.9. The Labute approximate surface area is 289 Å². The van der Waals surface area contributed by atoms with Crippen LogP contribution in [0.5, 0.6) is 11.5 Å². The van der Waals surface area contributed by atoms with Gasteiger partial charge in [-0.1, -0.05) is 12.1 Å². The monoisotopic (exact) mass is 695 g/mol. The fourth-order valence-electron chi connectivity index (χ4n) is 5.72. The molecule has 2 N–H and O–H groups in total. The molecule has 3 aromatic rings. The summed E-state index contributed by atoms with van der Waals surface area (Å²) in [5.41, 5.74) is 1.83. The van der Waals surface area contributed by atoms with Gasteiger partial charge in [0.05, 0.1) is 17.3 Å². The fourth-order valence-corrected chi connectivity index (χ4v) is 5.72. The molecule has 0 saturated carbocycles. The van der Waals surface area contributed by atoms with Crippen LogP contribution < -0.4 is 19.7 Å². The van der Waals surface area contributed by atoms with Crippen molar-refractivity contribution in [1.82, 2.24) is 10.2 Å². The molecule has 1 aliphatic heterocycles. The summed E-state index contributed by atoms with van der Waals surface area (Å²) in [7, 11) is 6.19. The van der Waals surface area contributed by atoms with Crippen LogP contribution in [-0.4, -0.2) is 101 Å². The van der Waals surface area contributed by atoms with Crippen molar-refractivity contribution in [3.63, 3.8) is 0 Å². The highest BCUT2D eigenvalue weighted by molar-refractivity contribution is 6.11. The summed E-state index contributed by atoms with van der Waals surface area (Å²) in [6.45, 7) is 3.51. The number of methoxy groups -OCH3 is 2. The van der Waals surface area contributed by atoms with E-state index in [1.54, 1.807) is 40.1 Å². The number of ketones is 1. The third kappa shape index (κ3) is 8.87. The van der Waals surface area contributed by atoms with Crippen molar-refractivity contribution in [2.75, 3.05) is 59.9 Å². The van der Waals surface area contributed by atoms with E-state index in [0.717, 1.165) is 0 Å². The topological polar surface area (TPSA) is 153 Å². The van der Waals surface area contributed by atoms with Crippen LogP contribution in [0.3, 0.4) is 0 Å². The van der Waals surface area contributed by atoms with Gasteiger partial charge in [0.1, 0.15) is 23.2 Å². The summed E-state index contributed by atoms with van der Waals surface area (Å²) in [5, 5.41) is 12.6. The number of nitrogens with zero attached hydrogens (tertiary/aromatic N) is 2. The van der Waals surface area contributed by atoms with Crippen molar-refractivity contribution < 1.29 is 52.4 Å². The van der Waals surface area contributed by atoms with Crippen LogP contribution >= 0.6 is 0 Å². The third-order valence-corrected chi connectivity index (χ3v) is 8.18. The molecule has 0 aliphatic carbocycles. The third-order valence-electron chi connectivity index (χ3n) is 8.18. The lowest BCUT2D eigenvalue weighted by molar-refractivity contribution is 0.0179. The van der Waals surface area contributed by atoms with E-state index in [0.29, 0.717) is 28.9 Å². The second-order valence-electron chi connectivity index (χ2n) is 12.0. The van der Waals surface area contributed by atoms with Crippen molar-refractivity contribution in [1.29, 1.82) is 0 Å². The Morgan fingerprint density at radius 3 is 2.14 bits per heavy atom. The standard InChI is InChI=1S/C36H42FN3O10/c1-21-16-25(17-22(2)33(21)49-20-47-6)34(42)38-26-18-40(36(44)45)15-7-8-28(26)50-35(43)24-11-9-23(10-12-24)32(41)30-29(48-19-46-5)14-13-27(31(30)37)39(3)4/h9-14,16-17,26,28H,7-8,15,18-20H2,1-6H3,(H,38,42)(H,44,45)/t26-,28-/m1/s1. The van der Waals surface area contributed by atoms with Crippen molar-refractivity contribution >= 4 is 29.4 Å². The van der Waals surface area contributed by atoms with Crippen LogP contribution in [0.25, 0.3) is 0 Å². The first kappa shape index (κ1) is 37.6. The van der Waals surface area contributed by atoms with Crippen molar-refractivity contribution in [2.45, 2.75) is 38.8 Å². The smallest absolute Gasteiger partial charge is 0.407 e. The zero-order valence-electron chi connectivity index (χ0n) is 28.9. The highest BCUT2D eigenvalue weighted by Crippen LogP contribution is 2.32. The maximum absolute atomic E-state index is 15.5. The molecular formula is C36H42FN3O10. The maximum Gasteiger partial charge on any atom is 0.407 e. The van der Waals surface area contributed by atoms with Gasteiger partial charge in [0, 0.05) is 52.5 Å². The van der Waals surface area contributed by atoms with Gasteiger partial charge in [-0.05, 0) is 74.2 Å². The Hall–Kier alpha value is -5.21. The number of nitrogens with one attached hydrogen (secondary N) is 1. The lowest BCUT2D eigenvalue weighted by atomic mass is 9.99. The van der Waals surface area contributed by atoms with Gasteiger partial charge >= 0.3 is 12.1 Å². The molecule has 3 aromatic carbocycles. The van der Waals surface area contributed by atoms with Gasteiger partial charge in [0.25, 0.3) is 5.91 Å². The zero-order chi connectivity index (χ0) is 36.5. The van der Waals surface area contributed by atoms with Gasteiger partial charge in [0.2, 0.25) is 0 Å². The molecular weight excluding hydrogens is 653 g/mol. The fraction of sp³-hybridized carbons (Fsp3) is 0.389. The summed E-state index contributed by atoms with van der Waals surface area (Å²) < 4.78 is 42.4. The molecule has 268 valence electrons. The van der Waals surface area contributed by atoms with E-state index in [-0.39, 0.29) is 61.2 Å². The summed E-state index contributed by atoms with van der Waals surface area (Å²) in [6, 6.07) is 10.9. The number of halogens is 1. The van der Waals surface area contributed by atoms with Gasteiger partial charge in [-0.15, -0.1) is 0 Å². The van der Waals surface area contributed by atoms with E-state index in [4.69, 9.17) is 23.7 Å². The molecule has 0 unspecified atom stereocenters. The molecule has 0 radical (unpaired) electrons. The Balaban J connectivity index is 1.54. The van der Waals surface area contributed by atoms with E-state index in [1.807, 2.05) is 0 Å². The first-order valence-electron chi connectivity index (χ1n) is 15.8. The lowest BCUT2D eigenvalue weighted by Crippen LogP contribution is -2.51. The number of anilines is 1. The molecule has 14 heteroatoms. The molecule has 2 atom stereocenters. The second-order valence-corrected chi connectivity index (χ2v) is 12.0. The minimum Gasteiger partial charge on any atom is -0.467 e. The maximum atomic E-state index is 15.5. The molecule has 50 heavy (non-hydrogen) atoms. The van der Waals surface area contributed by atoms with E-state index < -0.39 is 41.7 Å². The highest BCUT2D eigenvalue weighted by Gasteiger charge is 2.34. The largest absolute Gasteiger partial charge is 0.467 e. The van der Waals surface area contributed by atoms with Gasteiger partial charge in [-0.3, -0.25) is 9.59 Å². The van der Waals surface area contributed by atoms with E-state index in [1.165, 1.54) is 60.4 Å². The molecule has 2 amide bonds. The summed E-state index contributed by atoms with van der Waals surface area (Å²) in [6.07, 6.45) is -1.36. The molecule has 13 nitrogen and oxygen atoms in total. The Morgan fingerprint density at radius 1 is 0.920 bits per heavy atom. The highest BCUT2D eigenvalue weighted by atomic mass is 19.1. The molecule has 1 heterocycles. The lowest BCUT2D eigenvalue weighted by Gasteiger charge is -2.28. The van der Waals surface area contributed by atoms with Crippen molar-refractivity contribution in [2.24, 2.45) is 0 Å². The van der Waals surface area contributed by atoms with Crippen LogP contribution in [0, 0.1) is 19.7 Å². The number of amides is 2. The quantitative estimate of drug-likeness (QED) is 0.144. The van der Waals surface area contributed by atoms with Crippen LogP contribution in [0.1, 0.15) is 60.6 Å². The van der Waals surface area contributed by atoms with E-state index in [2.05, 4.69) is 5.32 Å². The number of hydrogen-bond donors (Lipinski definition) is 2. The number of hydrogen-bond acceptors (Lipinski definition) is 10. The van der Waals surface area contributed by atoms with Crippen LogP contribution in [-0.2, 0) is 14.2 Å². The molecule has 1 aliphatic rings. The number of rotatable bonds is 13. The predicted octanol–water partition coefficient (Wildman–Crippen LogP) is 4.80. The molecule has 0 aromatic heterocycles. The normalized spacial score (nSPS) is 15.9. The number of benzene rings is 3. The van der Waals surface area contributed by atoms with Crippen molar-refractivity contribution in [3.05, 3.63) is 87.7 Å². The number of aryl methyl sites for hydroxylation is 2. The minimum absolute atomic E-state index is 0.000911. The Morgan fingerprint density at radius 2 is 1.54 bits per heavy atom. The second kappa shape index (κ2) is 16.9. The van der Waals surface area contributed by atoms with Crippen LogP contribution in [0.15, 0.2) is 48.5 Å². The number of carboxylic acid groups (broad SMARTS) is 1. The molecule has 1 saturated heterocycles. The zero-order valence-corrected chi connectivity index (χ0v) is 28.9.